The van der Waals surface area contributed by atoms with Gasteiger partial charge in [0.15, 0.2) is 0 Å². The van der Waals surface area contributed by atoms with Crippen LogP contribution in [-0.4, -0.2) is 13.0 Å². The van der Waals surface area contributed by atoms with Gasteiger partial charge in [0, 0.05) is 4.47 Å². The molecule has 0 aliphatic carbocycles. The van der Waals surface area contributed by atoms with Crippen molar-refractivity contribution in [2.24, 2.45) is 0 Å². The monoisotopic (exact) mass is 290 g/mol. The second-order valence-corrected chi connectivity index (χ2v) is 4.29. The van der Waals surface area contributed by atoms with Gasteiger partial charge in [0.1, 0.15) is 10.7 Å². The fourth-order valence-electron chi connectivity index (χ4n) is 0.675. The van der Waals surface area contributed by atoms with E-state index in [0.29, 0.717) is 0 Å². The Kier molecular flexibility index (Phi) is 4.31. The van der Waals surface area contributed by atoms with E-state index in [1.165, 1.54) is 6.07 Å². The fourth-order valence-corrected chi connectivity index (χ4v) is 2.11. The molecule has 0 atom stereocenters. The summed E-state index contributed by atoms with van der Waals surface area (Å²) in [6.07, 6.45) is 0. The van der Waals surface area contributed by atoms with Crippen LogP contribution in [0.4, 0.5) is 4.39 Å². The number of benzene rings is 1. The minimum absolute atomic E-state index is 0. The quantitative estimate of drug-likeness (QED) is 0.808. The van der Waals surface area contributed by atoms with E-state index in [4.69, 9.17) is 4.55 Å². The van der Waals surface area contributed by atoms with Gasteiger partial charge in [-0.25, -0.2) is 4.39 Å². The van der Waals surface area contributed by atoms with Crippen molar-refractivity contribution in [2.75, 3.05) is 0 Å². The third kappa shape index (κ3) is 3.22. The molecule has 0 unspecified atom stereocenters. The minimum atomic E-state index is -4.34. The van der Waals surface area contributed by atoms with E-state index in [9.17, 15) is 12.8 Å². The van der Waals surface area contributed by atoms with E-state index < -0.39 is 20.8 Å². The number of hydrogen-bond acceptors (Lipinski definition) is 2. The molecule has 1 rings (SSSR count). The molecule has 0 saturated heterocycles. The molecule has 0 saturated carbocycles. The van der Waals surface area contributed by atoms with E-state index in [1.807, 2.05) is 0 Å². The Morgan fingerprint density at radius 1 is 1.38 bits per heavy atom. The van der Waals surface area contributed by atoms with Crippen molar-refractivity contribution in [1.82, 2.24) is 0 Å². The minimum Gasteiger partial charge on any atom is -0.282 e. The zero-order chi connectivity index (χ0) is 9.35. The molecule has 0 spiro atoms. The largest absolute Gasteiger partial charge is 0.295 e. The molecule has 0 radical (unpaired) electrons. The van der Waals surface area contributed by atoms with Crippen molar-refractivity contribution in [3.63, 3.8) is 0 Å². The summed E-state index contributed by atoms with van der Waals surface area (Å²) in [6.45, 7) is 0. The number of halogens is 3. The molecule has 0 amide bonds. The van der Waals surface area contributed by atoms with Crippen molar-refractivity contribution in [2.45, 2.75) is 4.90 Å². The Morgan fingerprint density at radius 2 is 1.92 bits per heavy atom. The van der Waals surface area contributed by atoms with Gasteiger partial charge >= 0.3 is 0 Å². The molecule has 1 N–H and O–H groups in total. The topological polar surface area (TPSA) is 54.4 Å². The van der Waals surface area contributed by atoms with Gasteiger partial charge in [0.2, 0.25) is 0 Å². The van der Waals surface area contributed by atoms with Gasteiger partial charge in [-0.2, -0.15) is 8.42 Å². The second kappa shape index (κ2) is 4.36. The number of rotatable bonds is 1. The van der Waals surface area contributed by atoms with Crippen LogP contribution >= 0.6 is 28.3 Å². The normalized spacial score (nSPS) is 10.7. The summed E-state index contributed by atoms with van der Waals surface area (Å²) in [7, 11) is -4.34. The Balaban J connectivity index is 0.00000144. The van der Waals surface area contributed by atoms with Crippen molar-refractivity contribution in [1.29, 1.82) is 0 Å². The molecule has 74 valence electrons. The molecule has 1 aromatic rings. The van der Waals surface area contributed by atoms with Crippen molar-refractivity contribution < 1.29 is 17.4 Å². The number of hydrogen-bond donors (Lipinski definition) is 1. The van der Waals surface area contributed by atoms with Gasteiger partial charge in [0.25, 0.3) is 10.1 Å². The van der Waals surface area contributed by atoms with Gasteiger partial charge in [-0.05, 0) is 34.1 Å². The van der Waals surface area contributed by atoms with Crippen LogP contribution in [0.5, 0.6) is 0 Å². The third-order valence-electron chi connectivity index (χ3n) is 1.17. The van der Waals surface area contributed by atoms with Crippen LogP contribution in [0.15, 0.2) is 27.6 Å². The molecule has 0 aromatic heterocycles. The Hall–Kier alpha value is -0.170. The summed E-state index contributed by atoms with van der Waals surface area (Å²) in [5, 5.41) is 0. The summed E-state index contributed by atoms with van der Waals surface area (Å²) >= 11 is 2.86. The average Bonchev–Trinajstić information content (AvgIpc) is 1.92. The average molecular weight is 292 g/mol. The fraction of sp³-hybridized carbons (Fsp3) is 0. The zero-order valence-corrected chi connectivity index (χ0v) is 9.29. The summed E-state index contributed by atoms with van der Waals surface area (Å²) < 4.78 is 42.3. The predicted octanol–water partition coefficient (Wildman–Crippen LogP) is 2.26. The molecule has 3 nitrogen and oxygen atoms in total. The molecule has 0 heterocycles. The van der Waals surface area contributed by atoms with E-state index >= 15 is 0 Å². The maximum Gasteiger partial charge on any atom is 0.295 e. The van der Waals surface area contributed by atoms with Crippen LogP contribution in [0, 0.1) is 5.82 Å². The lowest BCUT2D eigenvalue weighted by molar-refractivity contribution is 0.481. The Labute approximate surface area is 89.2 Å². The van der Waals surface area contributed by atoms with E-state index in [2.05, 4.69) is 15.9 Å². The maximum atomic E-state index is 12.5. The summed E-state index contributed by atoms with van der Waals surface area (Å²) in [5.41, 5.74) is 0. The van der Waals surface area contributed by atoms with E-state index in [1.54, 1.807) is 0 Å². The maximum absolute atomic E-state index is 12.5. The van der Waals surface area contributed by atoms with Crippen LogP contribution in [0.1, 0.15) is 0 Å². The molecule has 13 heavy (non-hydrogen) atoms. The van der Waals surface area contributed by atoms with Crippen LogP contribution in [0.25, 0.3) is 0 Å². The highest BCUT2D eigenvalue weighted by Crippen LogP contribution is 2.21. The zero-order valence-electron chi connectivity index (χ0n) is 6.07. The first-order valence-corrected chi connectivity index (χ1v) is 5.07. The second-order valence-electron chi connectivity index (χ2n) is 2.05. The molecule has 0 fully saturated rings. The van der Waals surface area contributed by atoms with Crippen LogP contribution in [0.2, 0.25) is 0 Å². The first-order chi connectivity index (χ1) is 5.41. The first-order valence-electron chi connectivity index (χ1n) is 2.84. The first kappa shape index (κ1) is 12.8. The molecular formula is C6H5BrClFO3S. The lowest BCUT2D eigenvalue weighted by atomic mass is 10.3. The molecule has 7 heteroatoms. The van der Waals surface area contributed by atoms with Crippen molar-refractivity contribution >= 4 is 38.5 Å². The lowest BCUT2D eigenvalue weighted by Gasteiger charge is -1.99. The summed E-state index contributed by atoms with van der Waals surface area (Å²) in [4.78, 5) is -0.470. The molecule has 0 bridgehead atoms. The highest BCUT2D eigenvalue weighted by atomic mass is 79.9. The van der Waals surface area contributed by atoms with Crippen molar-refractivity contribution in [3.05, 3.63) is 28.5 Å². The molecular weight excluding hydrogens is 286 g/mol. The SMILES string of the molecule is Cl.O=S(=O)(O)c1cc(F)ccc1Br. The lowest BCUT2D eigenvalue weighted by Crippen LogP contribution is -1.99. The molecule has 0 aliphatic heterocycles. The Morgan fingerprint density at radius 3 is 2.31 bits per heavy atom. The highest BCUT2D eigenvalue weighted by molar-refractivity contribution is 9.10. The summed E-state index contributed by atoms with van der Waals surface area (Å²) in [5.74, 6) is -0.717. The molecule has 0 aliphatic rings. The van der Waals surface area contributed by atoms with Crippen LogP contribution in [-0.2, 0) is 10.1 Å². The molecule has 1 aromatic carbocycles. The Bertz CT molecular complexity index is 406. The standard InChI is InChI=1S/C6H4BrFO3S.ClH/c7-5-2-1-4(8)3-6(5)12(9,10)11;/h1-3H,(H,9,10,11);1H. The van der Waals surface area contributed by atoms with Gasteiger partial charge in [0.05, 0.1) is 0 Å². The van der Waals surface area contributed by atoms with Gasteiger partial charge in [-0.1, -0.05) is 0 Å². The van der Waals surface area contributed by atoms with Gasteiger partial charge in [-0.3, -0.25) is 4.55 Å². The predicted molar refractivity (Wildman–Crippen MR) is 51.2 cm³/mol. The van der Waals surface area contributed by atoms with Gasteiger partial charge < -0.3 is 0 Å². The van der Waals surface area contributed by atoms with Crippen molar-refractivity contribution in [3.8, 4) is 0 Å². The summed E-state index contributed by atoms with van der Waals surface area (Å²) in [6, 6.07) is 3.02. The smallest absolute Gasteiger partial charge is 0.282 e. The van der Waals surface area contributed by atoms with Gasteiger partial charge in [-0.15, -0.1) is 12.4 Å². The van der Waals surface area contributed by atoms with E-state index in [-0.39, 0.29) is 16.9 Å². The highest BCUT2D eigenvalue weighted by Gasteiger charge is 2.14. The van der Waals surface area contributed by atoms with Crippen LogP contribution < -0.4 is 0 Å². The van der Waals surface area contributed by atoms with Crippen LogP contribution in [0.3, 0.4) is 0 Å². The van der Waals surface area contributed by atoms with E-state index in [0.717, 1.165) is 12.1 Å². The third-order valence-corrected chi connectivity index (χ3v) is 3.02.